The van der Waals surface area contributed by atoms with Crippen LogP contribution in [0.5, 0.6) is 0 Å². The summed E-state index contributed by atoms with van der Waals surface area (Å²) >= 11 is 0. The van der Waals surface area contributed by atoms with Crippen LogP contribution in [0.25, 0.3) is 0 Å². The number of hydrogen-bond donors (Lipinski definition) is 2. The van der Waals surface area contributed by atoms with Gasteiger partial charge in [0.15, 0.2) is 0 Å². The molecule has 0 amide bonds. The number of aliphatic hydroxyl groups is 1. The van der Waals surface area contributed by atoms with Gasteiger partial charge in [0.2, 0.25) is 0 Å². The second-order valence-electron chi connectivity index (χ2n) is 6.77. The summed E-state index contributed by atoms with van der Waals surface area (Å²) in [4.78, 5) is 0. The van der Waals surface area contributed by atoms with Gasteiger partial charge in [-0.15, -0.1) is 0 Å². The van der Waals surface area contributed by atoms with E-state index in [9.17, 15) is 5.11 Å². The predicted octanol–water partition coefficient (Wildman–Crippen LogP) is 4.16. The van der Waals surface area contributed by atoms with Crippen molar-refractivity contribution in [3.05, 3.63) is 35.4 Å². The van der Waals surface area contributed by atoms with E-state index in [1.165, 1.54) is 56.1 Å². The molecule has 0 saturated heterocycles. The third-order valence-electron chi connectivity index (χ3n) is 4.82. The molecular weight excluding hydrogens is 258 g/mol. The van der Waals surface area contributed by atoms with Crippen LogP contribution in [0.1, 0.15) is 69.9 Å². The van der Waals surface area contributed by atoms with Gasteiger partial charge >= 0.3 is 0 Å². The van der Waals surface area contributed by atoms with Gasteiger partial charge < -0.3 is 10.4 Å². The SMILES string of the molecule is CCCc1ccc(C(C)(CO)NC2CCCCCC2)cc1. The van der Waals surface area contributed by atoms with Crippen LogP contribution in [0.3, 0.4) is 0 Å². The lowest BCUT2D eigenvalue weighted by Crippen LogP contribution is -2.48. The van der Waals surface area contributed by atoms with Crippen LogP contribution >= 0.6 is 0 Å². The standard InChI is InChI=1S/C19H31NO/c1-3-8-16-11-13-17(14-12-16)19(2,15-21)20-18-9-6-4-5-7-10-18/h11-14,18,20-21H,3-10,15H2,1-2H3. The highest BCUT2D eigenvalue weighted by atomic mass is 16.3. The fourth-order valence-corrected chi connectivity index (χ4v) is 3.42. The number of nitrogens with one attached hydrogen (secondary N) is 1. The zero-order chi connectivity index (χ0) is 15.1. The Balaban J connectivity index is 2.07. The van der Waals surface area contributed by atoms with Gasteiger partial charge in [-0.1, -0.05) is 63.3 Å². The second-order valence-corrected chi connectivity index (χ2v) is 6.77. The Morgan fingerprint density at radius 2 is 1.71 bits per heavy atom. The molecule has 118 valence electrons. The van der Waals surface area contributed by atoms with Gasteiger partial charge in [-0.25, -0.2) is 0 Å². The van der Waals surface area contributed by atoms with Crippen molar-refractivity contribution in [1.29, 1.82) is 0 Å². The molecule has 2 heteroatoms. The van der Waals surface area contributed by atoms with Crippen LogP contribution in [0.2, 0.25) is 0 Å². The molecule has 1 aromatic rings. The number of hydrogen-bond acceptors (Lipinski definition) is 2. The molecule has 2 nitrogen and oxygen atoms in total. The van der Waals surface area contributed by atoms with Crippen LogP contribution in [0.15, 0.2) is 24.3 Å². The van der Waals surface area contributed by atoms with E-state index in [0.717, 1.165) is 6.42 Å². The molecule has 0 aliphatic heterocycles. The van der Waals surface area contributed by atoms with Crippen molar-refractivity contribution in [2.45, 2.75) is 76.8 Å². The number of rotatable bonds is 6. The number of aryl methyl sites for hydroxylation is 1. The summed E-state index contributed by atoms with van der Waals surface area (Å²) in [7, 11) is 0. The maximum Gasteiger partial charge on any atom is 0.0652 e. The summed E-state index contributed by atoms with van der Waals surface area (Å²) in [6.07, 6.45) is 10.1. The highest BCUT2D eigenvalue weighted by molar-refractivity contribution is 5.28. The monoisotopic (exact) mass is 289 g/mol. The van der Waals surface area contributed by atoms with E-state index < -0.39 is 0 Å². The molecule has 0 heterocycles. The lowest BCUT2D eigenvalue weighted by atomic mass is 9.89. The number of benzene rings is 1. The first-order valence-corrected chi connectivity index (χ1v) is 8.66. The molecule has 1 fully saturated rings. The molecule has 2 N–H and O–H groups in total. The Bertz CT molecular complexity index is 406. The van der Waals surface area contributed by atoms with Crippen LogP contribution in [0.4, 0.5) is 0 Å². The van der Waals surface area contributed by atoms with Crippen molar-refractivity contribution in [3.8, 4) is 0 Å². The van der Waals surface area contributed by atoms with Gasteiger partial charge in [-0.3, -0.25) is 0 Å². The van der Waals surface area contributed by atoms with E-state index in [1.54, 1.807) is 0 Å². The summed E-state index contributed by atoms with van der Waals surface area (Å²) in [5.41, 5.74) is 2.27. The lowest BCUT2D eigenvalue weighted by Gasteiger charge is -2.34. The first-order valence-electron chi connectivity index (χ1n) is 8.66. The molecule has 1 unspecified atom stereocenters. The molecule has 0 aromatic heterocycles. The van der Waals surface area contributed by atoms with Crippen molar-refractivity contribution in [2.75, 3.05) is 6.61 Å². The Labute approximate surface area is 130 Å². The zero-order valence-electron chi connectivity index (χ0n) is 13.7. The van der Waals surface area contributed by atoms with E-state index >= 15 is 0 Å². The Morgan fingerprint density at radius 3 is 2.24 bits per heavy atom. The summed E-state index contributed by atoms with van der Waals surface area (Å²) in [6, 6.07) is 9.33. The highest BCUT2D eigenvalue weighted by Gasteiger charge is 2.28. The summed E-state index contributed by atoms with van der Waals surface area (Å²) < 4.78 is 0. The topological polar surface area (TPSA) is 32.3 Å². The minimum atomic E-state index is -0.320. The summed E-state index contributed by atoms with van der Waals surface area (Å²) in [6.45, 7) is 4.49. The van der Waals surface area contributed by atoms with E-state index in [2.05, 4.69) is 43.4 Å². The van der Waals surface area contributed by atoms with Crippen LogP contribution < -0.4 is 5.32 Å². The second kappa shape index (κ2) is 7.95. The van der Waals surface area contributed by atoms with Crippen molar-refractivity contribution in [2.24, 2.45) is 0 Å². The summed E-state index contributed by atoms with van der Waals surface area (Å²) in [5, 5.41) is 13.7. The lowest BCUT2D eigenvalue weighted by molar-refractivity contribution is 0.157. The van der Waals surface area contributed by atoms with Gasteiger partial charge in [0.05, 0.1) is 12.1 Å². The van der Waals surface area contributed by atoms with Crippen molar-refractivity contribution < 1.29 is 5.11 Å². The van der Waals surface area contributed by atoms with Gasteiger partial charge in [-0.05, 0) is 37.3 Å². The minimum Gasteiger partial charge on any atom is -0.394 e. The van der Waals surface area contributed by atoms with Gasteiger partial charge in [0.1, 0.15) is 0 Å². The minimum absolute atomic E-state index is 0.149. The number of aliphatic hydroxyl groups excluding tert-OH is 1. The zero-order valence-corrected chi connectivity index (χ0v) is 13.7. The van der Waals surface area contributed by atoms with Gasteiger partial charge in [0.25, 0.3) is 0 Å². The molecule has 1 aliphatic carbocycles. The van der Waals surface area contributed by atoms with E-state index in [0.29, 0.717) is 6.04 Å². The van der Waals surface area contributed by atoms with Crippen molar-refractivity contribution >= 4 is 0 Å². The quantitative estimate of drug-likeness (QED) is 0.771. The molecular formula is C19H31NO. The Morgan fingerprint density at radius 1 is 1.10 bits per heavy atom. The van der Waals surface area contributed by atoms with E-state index in [4.69, 9.17) is 0 Å². The Kier molecular flexibility index (Phi) is 6.25. The highest BCUT2D eigenvalue weighted by Crippen LogP contribution is 2.26. The third kappa shape index (κ3) is 4.55. The fourth-order valence-electron chi connectivity index (χ4n) is 3.42. The van der Waals surface area contributed by atoms with E-state index in [-0.39, 0.29) is 12.1 Å². The van der Waals surface area contributed by atoms with Crippen LogP contribution in [0, 0.1) is 0 Å². The summed E-state index contributed by atoms with van der Waals surface area (Å²) in [5.74, 6) is 0. The molecule has 1 saturated carbocycles. The fraction of sp³-hybridized carbons (Fsp3) is 0.684. The molecule has 1 aliphatic rings. The molecule has 1 atom stereocenters. The molecule has 0 radical (unpaired) electrons. The van der Waals surface area contributed by atoms with Crippen LogP contribution in [-0.2, 0) is 12.0 Å². The first kappa shape index (κ1) is 16.5. The maximum atomic E-state index is 9.95. The van der Waals surface area contributed by atoms with Crippen LogP contribution in [-0.4, -0.2) is 17.8 Å². The molecule has 1 aromatic carbocycles. The maximum absolute atomic E-state index is 9.95. The first-order chi connectivity index (χ1) is 10.2. The largest absolute Gasteiger partial charge is 0.394 e. The van der Waals surface area contributed by atoms with Gasteiger partial charge in [0, 0.05) is 6.04 Å². The Hall–Kier alpha value is -0.860. The molecule has 2 rings (SSSR count). The smallest absolute Gasteiger partial charge is 0.0652 e. The van der Waals surface area contributed by atoms with E-state index in [1.807, 2.05) is 0 Å². The third-order valence-corrected chi connectivity index (χ3v) is 4.82. The average molecular weight is 289 g/mol. The predicted molar refractivity (Wildman–Crippen MR) is 89.5 cm³/mol. The normalized spacial score (nSPS) is 20.0. The average Bonchev–Trinajstić information content (AvgIpc) is 2.77. The molecule has 0 spiro atoms. The molecule has 21 heavy (non-hydrogen) atoms. The molecule has 0 bridgehead atoms. The van der Waals surface area contributed by atoms with Gasteiger partial charge in [-0.2, -0.15) is 0 Å². The van der Waals surface area contributed by atoms with Crippen molar-refractivity contribution in [1.82, 2.24) is 5.32 Å². The van der Waals surface area contributed by atoms with Crippen molar-refractivity contribution in [3.63, 3.8) is 0 Å².